The zero-order valence-electron chi connectivity index (χ0n) is 11.5. The molecule has 7 heteroatoms. The number of rotatable bonds is 2. The van der Waals surface area contributed by atoms with Gasteiger partial charge in [-0.1, -0.05) is 23.7 Å². The van der Waals surface area contributed by atoms with Crippen LogP contribution in [-0.4, -0.2) is 26.2 Å². The fourth-order valence-corrected chi connectivity index (χ4v) is 2.84. The van der Waals surface area contributed by atoms with E-state index in [0.717, 1.165) is 18.5 Å². The summed E-state index contributed by atoms with van der Waals surface area (Å²) >= 11 is 6.13. The minimum absolute atomic E-state index is 0.0579. The van der Waals surface area contributed by atoms with Gasteiger partial charge in [0.15, 0.2) is 11.5 Å². The molecule has 1 aliphatic rings. The van der Waals surface area contributed by atoms with E-state index in [4.69, 9.17) is 16.0 Å². The van der Waals surface area contributed by atoms with Crippen LogP contribution in [0.25, 0.3) is 23.0 Å². The molecule has 3 aromatic rings. The molecule has 0 radical (unpaired) electrons. The summed E-state index contributed by atoms with van der Waals surface area (Å²) in [5, 5.41) is 15.6. The van der Waals surface area contributed by atoms with Crippen molar-refractivity contribution in [2.75, 3.05) is 0 Å². The SMILES string of the molecule is O=C1CCCc2[nH]nc(-c3nnc(-c4ccccc4Cl)o3)c21. The maximum Gasteiger partial charge on any atom is 0.269 e. The molecule has 0 amide bonds. The first kappa shape index (κ1) is 13.2. The van der Waals surface area contributed by atoms with Gasteiger partial charge in [0.25, 0.3) is 5.89 Å². The van der Waals surface area contributed by atoms with Gasteiger partial charge in [-0.05, 0) is 25.0 Å². The monoisotopic (exact) mass is 314 g/mol. The van der Waals surface area contributed by atoms with Gasteiger partial charge in [0.1, 0.15) is 0 Å². The maximum absolute atomic E-state index is 12.1. The molecule has 1 aliphatic carbocycles. The van der Waals surface area contributed by atoms with Gasteiger partial charge >= 0.3 is 0 Å². The summed E-state index contributed by atoms with van der Waals surface area (Å²) in [6.45, 7) is 0. The summed E-state index contributed by atoms with van der Waals surface area (Å²) in [5.41, 5.74) is 2.48. The number of aromatic nitrogens is 4. The van der Waals surface area contributed by atoms with E-state index in [1.54, 1.807) is 12.1 Å². The molecular weight excluding hydrogens is 304 g/mol. The van der Waals surface area contributed by atoms with Crippen LogP contribution in [0.15, 0.2) is 28.7 Å². The number of carbonyl (C=O) groups is 1. The van der Waals surface area contributed by atoms with Gasteiger partial charge < -0.3 is 4.42 Å². The molecule has 0 spiro atoms. The first-order valence-electron chi connectivity index (χ1n) is 6.93. The summed E-state index contributed by atoms with van der Waals surface area (Å²) < 4.78 is 5.67. The zero-order valence-corrected chi connectivity index (χ0v) is 12.2. The molecule has 110 valence electrons. The second kappa shape index (κ2) is 5.06. The Kier molecular flexibility index (Phi) is 3.04. The summed E-state index contributed by atoms with van der Waals surface area (Å²) in [5.74, 6) is 0.589. The third-order valence-electron chi connectivity index (χ3n) is 3.68. The fourth-order valence-electron chi connectivity index (χ4n) is 2.63. The molecule has 0 atom stereocenters. The number of hydrogen-bond acceptors (Lipinski definition) is 5. The van der Waals surface area contributed by atoms with Crippen LogP contribution in [0, 0.1) is 0 Å². The number of halogens is 1. The summed E-state index contributed by atoms with van der Waals surface area (Å²) in [4.78, 5) is 12.1. The van der Waals surface area contributed by atoms with Gasteiger partial charge in [-0.2, -0.15) is 5.10 Å². The molecule has 2 aromatic heterocycles. The van der Waals surface area contributed by atoms with Crippen molar-refractivity contribution in [3.8, 4) is 23.0 Å². The van der Waals surface area contributed by atoms with Crippen molar-refractivity contribution in [3.05, 3.63) is 40.5 Å². The molecule has 0 bridgehead atoms. The normalized spacial score (nSPS) is 14.1. The van der Waals surface area contributed by atoms with Gasteiger partial charge in [0.05, 0.1) is 16.1 Å². The first-order chi connectivity index (χ1) is 10.7. The molecular formula is C15H11ClN4O2. The van der Waals surface area contributed by atoms with Crippen molar-refractivity contribution in [2.24, 2.45) is 0 Å². The Bertz CT molecular complexity index is 868. The second-order valence-electron chi connectivity index (χ2n) is 5.09. The van der Waals surface area contributed by atoms with E-state index in [1.165, 1.54) is 0 Å². The average molecular weight is 315 g/mol. The van der Waals surface area contributed by atoms with Gasteiger partial charge in [0, 0.05) is 12.1 Å². The van der Waals surface area contributed by atoms with Gasteiger partial charge in [-0.25, -0.2) is 0 Å². The lowest BCUT2D eigenvalue weighted by Gasteiger charge is -2.08. The van der Waals surface area contributed by atoms with Crippen molar-refractivity contribution in [3.63, 3.8) is 0 Å². The molecule has 0 fully saturated rings. The topological polar surface area (TPSA) is 84.7 Å². The Morgan fingerprint density at radius 3 is 2.82 bits per heavy atom. The smallest absolute Gasteiger partial charge is 0.269 e. The number of hydrogen-bond donors (Lipinski definition) is 1. The van der Waals surface area contributed by atoms with Gasteiger partial charge in [0.2, 0.25) is 5.89 Å². The second-order valence-corrected chi connectivity index (χ2v) is 5.50. The van der Waals surface area contributed by atoms with Crippen molar-refractivity contribution in [1.29, 1.82) is 0 Å². The number of aryl methyl sites for hydroxylation is 1. The highest BCUT2D eigenvalue weighted by Gasteiger charge is 2.27. The lowest BCUT2D eigenvalue weighted by Crippen LogP contribution is -2.10. The molecule has 2 heterocycles. The number of aromatic amines is 1. The number of fused-ring (bicyclic) bond motifs is 1. The third-order valence-corrected chi connectivity index (χ3v) is 4.01. The Hall–Kier alpha value is -2.47. The molecule has 1 aromatic carbocycles. The minimum Gasteiger partial charge on any atom is -0.414 e. The number of Topliss-reactive ketones (excluding diaryl/α,β-unsaturated/α-hetero) is 1. The highest BCUT2D eigenvalue weighted by molar-refractivity contribution is 6.33. The van der Waals surface area contributed by atoms with Crippen LogP contribution >= 0.6 is 11.6 Å². The van der Waals surface area contributed by atoms with E-state index in [0.29, 0.717) is 34.2 Å². The molecule has 6 nitrogen and oxygen atoms in total. The molecule has 0 aliphatic heterocycles. The van der Waals surface area contributed by atoms with Crippen LogP contribution in [0.2, 0.25) is 5.02 Å². The van der Waals surface area contributed by atoms with E-state index in [9.17, 15) is 4.79 Å². The van der Waals surface area contributed by atoms with Crippen LogP contribution < -0.4 is 0 Å². The van der Waals surface area contributed by atoms with Crippen LogP contribution in [0.1, 0.15) is 28.9 Å². The Morgan fingerprint density at radius 1 is 1.14 bits per heavy atom. The highest BCUT2D eigenvalue weighted by atomic mass is 35.5. The molecule has 0 saturated carbocycles. The van der Waals surface area contributed by atoms with Crippen LogP contribution in [0.3, 0.4) is 0 Å². The average Bonchev–Trinajstić information content (AvgIpc) is 3.14. The predicted octanol–water partition coefficient (Wildman–Crippen LogP) is 3.30. The number of ketones is 1. The predicted molar refractivity (Wildman–Crippen MR) is 79.6 cm³/mol. The Morgan fingerprint density at radius 2 is 1.95 bits per heavy atom. The van der Waals surface area contributed by atoms with Crippen molar-refractivity contribution >= 4 is 17.4 Å². The standard InChI is InChI=1S/C15H11ClN4O2/c16-9-5-2-1-4-8(9)14-19-20-15(22-14)13-12-10(17-18-13)6-3-7-11(12)21/h1-2,4-5H,3,6-7H2,(H,17,18). The van der Waals surface area contributed by atoms with E-state index < -0.39 is 0 Å². The minimum atomic E-state index is 0.0579. The first-order valence-corrected chi connectivity index (χ1v) is 7.31. The highest BCUT2D eigenvalue weighted by Crippen LogP contribution is 2.32. The van der Waals surface area contributed by atoms with Crippen LogP contribution in [-0.2, 0) is 6.42 Å². The molecule has 1 N–H and O–H groups in total. The quantitative estimate of drug-likeness (QED) is 0.784. The third kappa shape index (κ3) is 2.03. The Balaban J connectivity index is 1.79. The van der Waals surface area contributed by atoms with Crippen molar-refractivity contribution in [1.82, 2.24) is 20.4 Å². The number of carbonyl (C=O) groups excluding carboxylic acids is 1. The van der Waals surface area contributed by atoms with E-state index in [-0.39, 0.29) is 11.7 Å². The van der Waals surface area contributed by atoms with Gasteiger partial charge in [-0.3, -0.25) is 9.89 Å². The lowest BCUT2D eigenvalue weighted by molar-refractivity contribution is 0.0973. The molecule has 0 unspecified atom stereocenters. The summed E-state index contributed by atoms with van der Waals surface area (Å²) in [7, 11) is 0. The fraction of sp³-hybridized carbons (Fsp3) is 0.200. The van der Waals surface area contributed by atoms with Crippen molar-refractivity contribution < 1.29 is 9.21 Å². The summed E-state index contributed by atoms with van der Waals surface area (Å²) in [6, 6.07) is 7.21. The number of H-pyrrole nitrogens is 1. The molecule has 4 rings (SSSR count). The maximum atomic E-state index is 12.1. The largest absolute Gasteiger partial charge is 0.414 e. The number of nitrogens with one attached hydrogen (secondary N) is 1. The molecule has 22 heavy (non-hydrogen) atoms. The van der Waals surface area contributed by atoms with Crippen LogP contribution in [0.4, 0.5) is 0 Å². The van der Waals surface area contributed by atoms with Gasteiger partial charge in [-0.15, -0.1) is 10.2 Å². The van der Waals surface area contributed by atoms with E-state index in [2.05, 4.69) is 20.4 Å². The summed E-state index contributed by atoms with van der Waals surface area (Å²) in [6.07, 6.45) is 2.16. The Labute approximate surface area is 130 Å². The zero-order chi connectivity index (χ0) is 15.1. The molecule has 0 saturated heterocycles. The van der Waals surface area contributed by atoms with Crippen molar-refractivity contribution in [2.45, 2.75) is 19.3 Å². The van der Waals surface area contributed by atoms with E-state index >= 15 is 0 Å². The number of nitrogens with zero attached hydrogens (tertiary/aromatic N) is 3. The van der Waals surface area contributed by atoms with E-state index in [1.807, 2.05) is 12.1 Å². The van der Waals surface area contributed by atoms with Crippen LogP contribution in [0.5, 0.6) is 0 Å². The number of benzene rings is 1. The lowest BCUT2D eigenvalue weighted by atomic mass is 9.94.